The normalized spacial score (nSPS) is 12.3. The number of nitrogen functional groups attached to an aromatic ring is 1. The van der Waals surface area contributed by atoms with E-state index < -0.39 is 15.6 Å². The highest BCUT2D eigenvalue weighted by atomic mass is 32.2. The van der Waals surface area contributed by atoms with Crippen LogP contribution in [0, 0.1) is 0 Å². The monoisotopic (exact) mass is 461 g/mol. The Morgan fingerprint density at radius 3 is 2.45 bits per heavy atom. The zero-order chi connectivity index (χ0) is 22.8. The SMILES string of the molecule is CNCCNC(=O)c1cnc(N)c2cc(-c3ccc(S(=O)(=O)NC(C)(C)C)cc3)sc12. The van der Waals surface area contributed by atoms with Crippen molar-refractivity contribution in [1.82, 2.24) is 20.3 Å². The van der Waals surface area contributed by atoms with Gasteiger partial charge in [0.05, 0.1) is 15.2 Å². The van der Waals surface area contributed by atoms with Crippen molar-refractivity contribution in [3.05, 3.63) is 42.1 Å². The molecule has 0 fully saturated rings. The predicted octanol–water partition coefficient (Wildman–Crippen LogP) is 2.57. The number of pyridine rings is 1. The molecule has 0 radical (unpaired) electrons. The van der Waals surface area contributed by atoms with Gasteiger partial charge in [-0.05, 0) is 51.6 Å². The summed E-state index contributed by atoms with van der Waals surface area (Å²) in [7, 11) is -1.80. The van der Waals surface area contributed by atoms with Crippen LogP contribution in [-0.2, 0) is 10.0 Å². The van der Waals surface area contributed by atoms with Crippen LogP contribution in [-0.4, -0.2) is 45.0 Å². The smallest absolute Gasteiger partial charge is 0.254 e. The Balaban J connectivity index is 1.94. The van der Waals surface area contributed by atoms with Crippen LogP contribution in [0.4, 0.5) is 5.82 Å². The Morgan fingerprint density at radius 2 is 1.84 bits per heavy atom. The minimum absolute atomic E-state index is 0.193. The number of sulfonamides is 1. The molecule has 1 aromatic carbocycles. The summed E-state index contributed by atoms with van der Waals surface area (Å²) in [5, 5.41) is 6.53. The number of hydrogen-bond donors (Lipinski definition) is 4. The summed E-state index contributed by atoms with van der Waals surface area (Å²) in [6.07, 6.45) is 1.49. The van der Waals surface area contributed by atoms with E-state index in [1.54, 1.807) is 45.0 Å². The average molecular weight is 462 g/mol. The minimum atomic E-state index is -3.61. The minimum Gasteiger partial charge on any atom is -0.383 e. The van der Waals surface area contributed by atoms with E-state index in [4.69, 9.17) is 5.73 Å². The average Bonchev–Trinajstić information content (AvgIpc) is 3.13. The molecule has 0 aliphatic rings. The molecular formula is C21H27N5O3S2. The van der Waals surface area contributed by atoms with Crippen molar-refractivity contribution in [3.63, 3.8) is 0 Å². The Hall–Kier alpha value is -2.53. The molecule has 1 amide bonds. The van der Waals surface area contributed by atoms with E-state index in [0.29, 0.717) is 29.9 Å². The highest BCUT2D eigenvalue weighted by molar-refractivity contribution is 7.89. The van der Waals surface area contributed by atoms with Crippen LogP contribution < -0.4 is 21.1 Å². The number of rotatable bonds is 7. The lowest BCUT2D eigenvalue weighted by molar-refractivity contribution is 0.0955. The molecule has 0 bridgehead atoms. The molecule has 5 N–H and O–H groups in total. The third kappa shape index (κ3) is 5.40. The third-order valence-electron chi connectivity index (χ3n) is 4.38. The molecule has 3 rings (SSSR count). The van der Waals surface area contributed by atoms with Gasteiger partial charge in [-0.3, -0.25) is 4.79 Å². The number of carbonyl (C=O) groups excluding carboxylic acids is 1. The van der Waals surface area contributed by atoms with Crippen molar-refractivity contribution in [3.8, 4) is 10.4 Å². The van der Waals surface area contributed by atoms with Crippen molar-refractivity contribution in [2.45, 2.75) is 31.2 Å². The van der Waals surface area contributed by atoms with E-state index in [1.807, 2.05) is 13.1 Å². The molecule has 8 nitrogen and oxygen atoms in total. The van der Waals surface area contributed by atoms with Crippen molar-refractivity contribution in [2.24, 2.45) is 0 Å². The number of hydrogen-bond acceptors (Lipinski definition) is 7. The summed E-state index contributed by atoms with van der Waals surface area (Å²) in [6, 6.07) is 8.52. The lowest BCUT2D eigenvalue weighted by Gasteiger charge is -2.20. The van der Waals surface area contributed by atoms with E-state index in [9.17, 15) is 13.2 Å². The number of aromatic nitrogens is 1. The molecule has 31 heavy (non-hydrogen) atoms. The Labute approximate surface area is 186 Å². The first-order valence-electron chi connectivity index (χ1n) is 9.77. The second-order valence-electron chi connectivity index (χ2n) is 8.15. The molecule has 10 heteroatoms. The lowest BCUT2D eigenvalue weighted by Crippen LogP contribution is -2.40. The summed E-state index contributed by atoms with van der Waals surface area (Å²) in [6.45, 7) is 6.54. The maximum absolute atomic E-state index is 12.6. The molecule has 0 atom stereocenters. The van der Waals surface area contributed by atoms with E-state index in [2.05, 4.69) is 20.3 Å². The van der Waals surface area contributed by atoms with Gasteiger partial charge in [0.1, 0.15) is 5.82 Å². The number of thiophene rings is 1. The number of likely N-dealkylation sites (N-methyl/N-ethyl adjacent to an activating group) is 1. The number of benzene rings is 1. The van der Waals surface area contributed by atoms with Gasteiger partial charge in [-0.25, -0.2) is 18.1 Å². The second-order valence-corrected chi connectivity index (χ2v) is 10.9. The number of carbonyl (C=O) groups is 1. The van der Waals surface area contributed by atoms with Gasteiger partial charge in [0.15, 0.2) is 0 Å². The van der Waals surface area contributed by atoms with Crippen LogP contribution in [0.1, 0.15) is 31.1 Å². The molecule has 0 saturated heterocycles. The second kappa shape index (κ2) is 8.91. The van der Waals surface area contributed by atoms with Gasteiger partial charge in [-0.2, -0.15) is 0 Å². The molecule has 0 saturated carbocycles. The first kappa shape index (κ1) is 23.1. The third-order valence-corrected chi connectivity index (χ3v) is 7.37. The standard InChI is InChI=1S/C21H27N5O3S2/c1-21(2,3)26-31(28,29)14-7-5-13(6-8-14)17-11-15-18(30-17)16(12-25-19(15)22)20(27)24-10-9-23-4/h5-8,11-12,23,26H,9-10H2,1-4H3,(H2,22,25)(H,24,27). The van der Waals surface area contributed by atoms with E-state index in [0.717, 1.165) is 15.1 Å². The van der Waals surface area contributed by atoms with Gasteiger partial charge in [0.25, 0.3) is 5.91 Å². The topological polar surface area (TPSA) is 126 Å². The Kier molecular flexibility index (Phi) is 6.65. The van der Waals surface area contributed by atoms with Crippen LogP contribution in [0.15, 0.2) is 41.4 Å². The van der Waals surface area contributed by atoms with Crippen molar-refractivity contribution in [1.29, 1.82) is 0 Å². The summed E-state index contributed by atoms with van der Waals surface area (Å²) in [5.41, 5.74) is 6.77. The highest BCUT2D eigenvalue weighted by Crippen LogP contribution is 2.37. The maximum Gasteiger partial charge on any atom is 0.254 e. The quantitative estimate of drug-likeness (QED) is 0.401. The molecule has 0 aliphatic heterocycles. The fourth-order valence-corrected chi connectivity index (χ4v) is 5.60. The lowest BCUT2D eigenvalue weighted by atomic mass is 10.1. The van der Waals surface area contributed by atoms with Gasteiger partial charge >= 0.3 is 0 Å². The van der Waals surface area contributed by atoms with Gasteiger partial charge in [-0.15, -0.1) is 11.3 Å². The number of nitrogens with zero attached hydrogens (tertiary/aromatic N) is 1. The molecule has 166 valence electrons. The van der Waals surface area contributed by atoms with Crippen molar-refractivity contribution >= 4 is 43.2 Å². The van der Waals surface area contributed by atoms with Gasteiger partial charge in [0, 0.05) is 35.1 Å². The number of nitrogens with two attached hydrogens (primary N) is 1. The fourth-order valence-electron chi connectivity index (χ4n) is 3.00. The molecule has 2 aromatic heterocycles. The largest absolute Gasteiger partial charge is 0.383 e. The molecule has 2 heterocycles. The predicted molar refractivity (Wildman–Crippen MR) is 126 cm³/mol. The summed E-state index contributed by atoms with van der Waals surface area (Å²) < 4.78 is 28.4. The maximum atomic E-state index is 12.6. The fraction of sp³-hybridized carbons (Fsp3) is 0.333. The van der Waals surface area contributed by atoms with Crippen LogP contribution >= 0.6 is 11.3 Å². The molecular weight excluding hydrogens is 434 g/mol. The first-order valence-corrected chi connectivity index (χ1v) is 12.1. The molecule has 3 aromatic rings. The van der Waals surface area contributed by atoms with Crippen molar-refractivity contribution < 1.29 is 13.2 Å². The highest BCUT2D eigenvalue weighted by Gasteiger charge is 2.22. The van der Waals surface area contributed by atoms with Crippen LogP contribution in [0.3, 0.4) is 0 Å². The number of fused-ring (bicyclic) bond motifs is 1. The molecule has 0 spiro atoms. The van der Waals surface area contributed by atoms with Crippen molar-refractivity contribution in [2.75, 3.05) is 25.9 Å². The first-order chi connectivity index (χ1) is 14.5. The van der Waals surface area contributed by atoms with E-state index >= 15 is 0 Å². The Morgan fingerprint density at radius 1 is 1.16 bits per heavy atom. The Bertz CT molecular complexity index is 1200. The number of amides is 1. The molecule has 0 unspecified atom stereocenters. The zero-order valence-electron chi connectivity index (χ0n) is 17.9. The summed E-state index contributed by atoms with van der Waals surface area (Å²) >= 11 is 1.42. The number of nitrogens with one attached hydrogen (secondary N) is 3. The summed E-state index contributed by atoms with van der Waals surface area (Å²) in [4.78, 5) is 17.8. The van der Waals surface area contributed by atoms with Crippen LogP contribution in [0.5, 0.6) is 0 Å². The van der Waals surface area contributed by atoms with Crippen LogP contribution in [0.25, 0.3) is 20.5 Å². The van der Waals surface area contributed by atoms with E-state index in [1.165, 1.54) is 17.5 Å². The van der Waals surface area contributed by atoms with Crippen LogP contribution in [0.2, 0.25) is 0 Å². The number of anilines is 1. The summed E-state index contributed by atoms with van der Waals surface area (Å²) in [5.74, 6) is 0.133. The zero-order valence-corrected chi connectivity index (χ0v) is 19.6. The van der Waals surface area contributed by atoms with Gasteiger partial charge in [-0.1, -0.05) is 12.1 Å². The van der Waals surface area contributed by atoms with E-state index in [-0.39, 0.29) is 10.8 Å². The van der Waals surface area contributed by atoms with Gasteiger partial charge < -0.3 is 16.4 Å². The van der Waals surface area contributed by atoms with Gasteiger partial charge in [0.2, 0.25) is 10.0 Å². The molecule has 0 aliphatic carbocycles.